The van der Waals surface area contributed by atoms with E-state index in [1.165, 1.54) is 4.90 Å². The molecule has 0 saturated carbocycles. The van der Waals surface area contributed by atoms with Crippen molar-refractivity contribution in [3.63, 3.8) is 0 Å². The van der Waals surface area contributed by atoms with Crippen LogP contribution >= 0.6 is 0 Å². The molecule has 0 aromatic heterocycles. The van der Waals surface area contributed by atoms with E-state index in [0.29, 0.717) is 39.0 Å². The van der Waals surface area contributed by atoms with Gasteiger partial charge in [-0.05, 0) is 18.4 Å². The molecule has 1 aliphatic rings. The Bertz CT molecular complexity index is 728. The van der Waals surface area contributed by atoms with Crippen molar-refractivity contribution in [3.05, 3.63) is 46.0 Å². The van der Waals surface area contributed by atoms with E-state index in [1.807, 2.05) is 19.1 Å². The Balaban J connectivity index is 0.00000450. The summed E-state index contributed by atoms with van der Waals surface area (Å²) >= 11 is 0. The van der Waals surface area contributed by atoms with Gasteiger partial charge in [-0.2, -0.15) is 0 Å². The van der Waals surface area contributed by atoms with Crippen molar-refractivity contribution in [1.29, 1.82) is 0 Å². The summed E-state index contributed by atoms with van der Waals surface area (Å²) < 4.78 is 5.25. The van der Waals surface area contributed by atoms with Crippen molar-refractivity contribution >= 4 is 23.6 Å². The standard InChI is InChI=1S/C21H29N3O5.2Rb/c1-2-4-18(25)22-10-3-12-29-15-19(26)23-14-17-7-5-16(6-8-17)13-21(28)24-11-9-20(24)27;;/h5-8H,2-4,9-15H2,1H3,(H2,22,23,25,26);;/q;2*+1/p-2. The molecule has 1 saturated heterocycles. The number of hydrogen-bond donors (Lipinski definition) is 0. The van der Waals surface area contributed by atoms with Gasteiger partial charge in [-0.1, -0.05) is 43.2 Å². The third-order valence-electron chi connectivity index (χ3n) is 4.39. The smallest absolute Gasteiger partial charge is 0.653 e. The fourth-order valence-electron chi connectivity index (χ4n) is 2.66. The van der Waals surface area contributed by atoms with Gasteiger partial charge in [0.25, 0.3) is 0 Å². The quantitative estimate of drug-likeness (QED) is 0.191. The number of benzene rings is 1. The maximum atomic E-state index is 11.9. The van der Waals surface area contributed by atoms with Crippen LogP contribution in [0.2, 0.25) is 0 Å². The SMILES string of the molecule is CCCC(=O)[N-]CCCOCC(=O)[N-]Cc1ccc(CC(=O)N2CCC2=O)cc1.[Rb+].[Rb+]. The van der Waals surface area contributed by atoms with Crippen LogP contribution in [0, 0.1) is 0 Å². The Hall–Kier alpha value is 0.870. The molecule has 2 rings (SSSR count). The van der Waals surface area contributed by atoms with E-state index in [4.69, 9.17) is 4.74 Å². The summed E-state index contributed by atoms with van der Waals surface area (Å²) in [5.74, 6) is -0.749. The van der Waals surface area contributed by atoms with E-state index >= 15 is 0 Å². The van der Waals surface area contributed by atoms with E-state index in [-0.39, 0.29) is 160 Å². The van der Waals surface area contributed by atoms with Crippen LogP contribution in [0.4, 0.5) is 0 Å². The van der Waals surface area contributed by atoms with Gasteiger partial charge in [-0.25, -0.2) is 0 Å². The molecule has 1 aliphatic heterocycles. The molecule has 1 aromatic rings. The third-order valence-corrected chi connectivity index (χ3v) is 4.39. The zero-order valence-electron chi connectivity index (χ0n) is 18.8. The molecular formula is C21H27N3O5Rb2. The molecule has 0 atom stereocenters. The molecule has 0 radical (unpaired) electrons. The molecule has 10 heteroatoms. The monoisotopic (exact) mass is 571 g/mol. The Morgan fingerprint density at radius 2 is 1.71 bits per heavy atom. The van der Waals surface area contributed by atoms with Gasteiger partial charge in [0.15, 0.2) is 0 Å². The van der Waals surface area contributed by atoms with Crippen molar-refractivity contribution in [2.45, 2.75) is 45.6 Å². The summed E-state index contributed by atoms with van der Waals surface area (Å²) in [5.41, 5.74) is 1.67. The predicted molar refractivity (Wildman–Crippen MR) is 107 cm³/mol. The minimum Gasteiger partial charge on any atom is -0.653 e. The van der Waals surface area contributed by atoms with Crippen molar-refractivity contribution in [1.82, 2.24) is 4.90 Å². The number of nitrogens with zero attached hydrogens (tertiary/aromatic N) is 3. The van der Waals surface area contributed by atoms with Crippen LogP contribution in [-0.2, 0) is 36.9 Å². The van der Waals surface area contributed by atoms with Crippen molar-refractivity contribution < 1.29 is 140 Å². The number of β-lactam (4-membered cyclic amide) rings is 1. The fraction of sp³-hybridized carbons (Fsp3) is 0.524. The van der Waals surface area contributed by atoms with E-state index in [1.54, 1.807) is 12.1 Å². The first-order chi connectivity index (χ1) is 14.0. The summed E-state index contributed by atoms with van der Waals surface area (Å²) in [6.07, 6.45) is 2.47. The Kier molecular flexibility index (Phi) is 18.7. The second-order valence-electron chi connectivity index (χ2n) is 6.82. The van der Waals surface area contributed by atoms with E-state index in [0.717, 1.165) is 17.5 Å². The maximum Gasteiger partial charge on any atom is 1.00 e. The van der Waals surface area contributed by atoms with Crippen LogP contribution < -0.4 is 116 Å². The van der Waals surface area contributed by atoms with Crippen LogP contribution in [0.1, 0.15) is 43.7 Å². The van der Waals surface area contributed by atoms with Gasteiger partial charge in [0.05, 0.1) is 24.8 Å². The summed E-state index contributed by atoms with van der Waals surface area (Å²) in [6.45, 7) is 3.34. The number of carbonyl (C=O) groups is 4. The van der Waals surface area contributed by atoms with Gasteiger partial charge in [0, 0.05) is 19.6 Å². The van der Waals surface area contributed by atoms with Gasteiger partial charge in [-0.15, -0.1) is 13.1 Å². The fourth-order valence-corrected chi connectivity index (χ4v) is 2.66. The van der Waals surface area contributed by atoms with Gasteiger partial charge in [0.2, 0.25) is 11.8 Å². The number of imide groups is 1. The summed E-state index contributed by atoms with van der Waals surface area (Å²) in [5, 5.41) is 7.84. The predicted octanol–water partition coefficient (Wildman–Crippen LogP) is -3.50. The van der Waals surface area contributed by atoms with Crippen LogP contribution in [0.25, 0.3) is 10.6 Å². The third kappa shape index (κ3) is 12.8. The largest absolute Gasteiger partial charge is 1.00 e. The van der Waals surface area contributed by atoms with Gasteiger partial charge in [0.1, 0.15) is 0 Å². The molecule has 158 valence electrons. The number of amides is 4. The van der Waals surface area contributed by atoms with Crippen LogP contribution in [0.3, 0.4) is 0 Å². The normalized spacial score (nSPS) is 12.2. The zero-order valence-corrected chi connectivity index (χ0v) is 28.6. The van der Waals surface area contributed by atoms with Gasteiger partial charge in [-0.3, -0.25) is 14.5 Å². The van der Waals surface area contributed by atoms with Crippen LogP contribution in [-0.4, -0.2) is 54.8 Å². The van der Waals surface area contributed by atoms with Crippen LogP contribution in [0.15, 0.2) is 24.3 Å². The average Bonchev–Trinajstić information content (AvgIpc) is 2.69. The molecule has 0 spiro atoms. The average molecular weight is 572 g/mol. The summed E-state index contributed by atoms with van der Waals surface area (Å²) in [4.78, 5) is 47.5. The number of ether oxygens (including phenoxy) is 1. The first-order valence-corrected chi connectivity index (χ1v) is 9.89. The molecule has 0 aliphatic carbocycles. The molecule has 1 heterocycles. The van der Waals surface area contributed by atoms with Crippen molar-refractivity contribution in [2.24, 2.45) is 0 Å². The number of carbonyl (C=O) groups excluding carboxylic acids is 4. The molecule has 0 unspecified atom stereocenters. The summed E-state index contributed by atoms with van der Waals surface area (Å²) in [6, 6.07) is 7.23. The van der Waals surface area contributed by atoms with Gasteiger partial charge < -0.3 is 25.0 Å². The Morgan fingerprint density at radius 3 is 2.29 bits per heavy atom. The molecule has 1 fully saturated rings. The molecule has 31 heavy (non-hydrogen) atoms. The van der Waals surface area contributed by atoms with E-state index in [9.17, 15) is 19.2 Å². The minimum absolute atomic E-state index is 0. The molecule has 0 bridgehead atoms. The second kappa shape index (κ2) is 18.2. The minimum atomic E-state index is -0.348. The van der Waals surface area contributed by atoms with Gasteiger partial charge >= 0.3 is 116 Å². The van der Waals surface area contributed by atoms with Crippen LogP contribution in [0.5, 0.6) is 0 Å². The topological polar surface area (TPSA) is 109 Å². The number of likely N-dealkylation sites (tertiary alicyclic amines) is 1. The number of rotatable bonds is 12. The van der Waals surface area contributed by atoms with E-state index in [2.05, 4.69) is 10.6 Å². The first-order valence-electron chi connectivity index (χ1n) is 9.89. The molecule has 8 nitrogen and oxygen atoms in total. The molecule has 1 aromatic carbocycles. The Labute approximate surface area is 281 Å². The molecule has 0 N–H and O–H groups in total. The zero-order chi connectivity index (χ0) is 21.1. The Morgan fingerprint density at radius 1 is 1.03 bits per heavy atom. The van der Waals surface area contributed by atoms with Crippen molar-refractivity contribution in [2.75, 3.05) is 26.3 Å². The van der Waals surface area contributed by atoms with Crippen molar-refractivity contribution in [3.8, 4) is 0 Å². The first kappa shape index (κ1) is 31.9. The summed E-state index contributed by atoms with van der Waals surface area (Å²) in [7, 11) is 0. The molecular weight excluding hydrogens is 545 g/mol. The number of hydrogen-bond acceptors (Lipinski definition) is 5. The van der Waals surface area contributed by atoms with E-state index < -0.39 is 0 Å². The second-order valence-corrected chi connectivity index (χ2v) is 6.82. The molecule has 4 amide bonds. The maximum absolute atomic E-state index is 11.9.